The number of ether oxygens (including phenoxy) is 2. The fourth-order valence-electron chi connectivity index (χ4n) is 3.66. The fourth-order valence-corrected chi connectivity index (χ4v) is 3.66. The van der Waals surface area contributed by atoms with Gasteiger partial charge in [-0.15, -0.1) is 12.4 Å². The quantitative estimate of drug-likeness (QED) is 0.283. The average Bonchev–Trinajstić information content (AvgIpc) is 2.87. The van der Waals surface area contributed by atoms with E-state index in [-0.39, 0.29) is 31.7 Å². The molecule has 2 atom stereocenters. The first-order valence-corrected chi connectivity index (χ1v) is 11.2. The van der Waals surface area contributed by atoms with Crippen molar-refractivity contribution in [1.29, 1.82) is 0 Å². The number of aliphatic hydroxyl groups excluding tert-OH is 2. The molecule has 0 amide bonds. The second-order valence-electron chi connectivity index (χ2n) is 7.99. The third-order valence-corrected chi connectivity index (χ3v) is 5.43. The number of halogens is 1. The summed E-state index contributed by atoms with van der Waals surface area (Å²) in [6.45, 7) is 0.496. The smallest absolute Gasteiger partial charge is 0.135 e. The molecule has 6 heteroatoms. The predicted molar refractivity (Wildman–Crippen MR) is 138 cm³/mol. The molecule has 4 aromatic rings. The molecule has 0 aromatic heterocycles. The molecule has 0 radical (unpaired) electrons. The Hall–Kier alpha value is -3.09. The minimum Gasteiger partial charge on any atom is -0.491 e. The summed E-state index contributed by atoms with van der Waals surface area (Å²) in [7, 11) is 0. The van der Waals surface area contributed by atoms with Gasteiger partial charge >= 0.3 is 0 Å². The van der Waals surface area contributed by atoms with Crippen LogP contribution in [0.15, 0.2) is 97.1 Å². The lowest BCUT2D eigenvalue weighted by Gasteiger charge is -2.19. The lowest BCUT2D eigenvalue weighted by molar-refractivity contribution is 0.0997. The zero-order valence-electron chi connectivity index (χ0n) is 18.8. The largest absolute Gasteiger partial charge is 0.491 e. The lowest BCUT2D eigenvalue weighted by Crippen LogP contribution is -2.41. The first-order chi connectivity index (χ1) is 16.2. The summed E-state index contributed by atoms with van der Waals surface area (Å²) in [4.78, 5) is 0. The first-order valence-electron chi connectivity index (χ1n) is 11.2. The number of benzene rings is 4. The molecular weight excluding hydrogens is 450 g/mol. The summed E-state index contributed by atoms with van der Waals surface area (Å²) in [5.74, 6) is 2.31. The SMILES string of the molecule is Cl.OC[C@H](Cc1ccc(Oc2cccc3ccccc23)cc1)NC[C@H](O)COc1ccccc1. The highest BCUT2D eigenvalue weighted by Gasteiger charge is 2.12. The summed E-state index contributed by atoms with van der Waals surface area (Å²) in [6.07, 6.45) is -0.0344. The topological polar surface area (TPSA) is 71.0 Å². The van der Waals surface area contributed by atoms with E-state index in [2.05, 4.69) is 23.5 Å². The van der Waals surface area contributed by atoms with Crippen molar-refractivity contribution in [2.24, 2.45) is 0 Å². The maximum absolute atomic E-state index is 10.2. The van der Waals surface area contributed by atoms with Gasteiger partial charge in [0.1, 0.15) is 30.0 Å². The lowest BCUT2D eigenvalue weighted by atomic mass is 10.1. The molecule has 0 aliphatic rings. The van der Waals surface area contributed by atoms with Crippen LogP contribution in [0.1, 0.15) is 5.56 Å². The molecule has 4 aromatic carbocycles. The second-order valence-corrected chi connectivity index (χ2v) is 7.99. The van der Waals surface area contributed by atoms with Crippen LogP contribution in [-0.4, -0.2) is 42.1 Å². The van der Waals surface area contributed by atoms with E-state index < -0.39 is 6.10 Å². The van der Waals surface area contributed by atoms with Crippen LogP contribution in [0.4, 0.5) is 0 Å². The molecule has 0 unspecified atom stereocenters. The van der Waals surface area contributed by atoms with Gasteiger partial charge in [0.15, 0.2) is 0 Å². The number of fused-ring (bicyclic) bond motifs is 1. The number of hydrogen-bond donors (Lipinski definition) is 3. The van der Waals surface area contributed by atoms with E-state index in [9.17, 15) is 10.2 Å². The molecule has 0 spiro atoms. The van der Waals surface area contributed by atoms with Crippen molar-refractivity contribution < 1.29 is 19.7 Å². The fraction of sp³-hybridized carbons (Fsp3) is 0.214. The van der Waals surface area contributed by atoms with Crippen molar-refractivity contribution >= 4 is 23.2 Å². The number of hydrogen-bond acceptors (Lipinski definition) is 5. The maximum Gasteiger partial charge on any atom is 0.135 e. The summed E-state index contributed by atoms with van der Waals surface area (Å²) in [5.41, 5.74) is 1.07. The molecular formula is C28H30ClNO4. The molecule has 0 bridgehead atoms. The highest BCUT2D eigenvalue weighted by atomic mass is 35.5. The first kappa shape index (κ1) is 25.5. The van der Waals surface area contributed by atoms with Gasteiger partial charge in [0.2, 0.25) is 0 Å². The molecule has 0 saturated heterocycles. The standard InChI is InChI=1S/C28H29NO4.ClH/c30-19-23(29-18-24(31)20-32-25-9-2-1-3-10-25)17-21-13-15-26(16-14-21)33-28-12-6-8-22-7-4-5-11-27(22)28;/h1-16,23-24,29-31H,17-20H2;1H/t23-,24-;/m0./s1. The minimum atomic E-state index is -0.671. The highest BCUT2D eigenvalue weighted by molar-refractivity contribution is 5.88. The third kappa shape index (κ3) is 7.20. The van der Waals surface area contributed by atoms with Crippen molar-refractivity contribution in [1.82, 2.24) is 5.32 Å². The summed E-state index contributed by atoms with van der Waals surface area (Å²) >= 11 is 0. The van der Waals surface area contributed by atoms with Crippen LogP contribution in [0, 0.1) is 0 Å². The van der Waals surface area contributed by atoms with E-state index in [1.54, 1.807) is 0 Å². The highest BCUT2D eigenvalue weighted by Crippen LogP contribution is 2.29. The van der Waals surface area contributed by atoms with Crippen molar-refractivity contribution in [2.75, 3.05) is 19.8 Å². The number of rotatable bonds is 11. The number of nitrogens with one attached hydrogen (secondary N) is 1. The van der Waals surface area contributed by atoms with E-state index in [0.29, 0.717) is 13.0 Å². The molecule has 0 fully saturated rings. The monoisotopic (exact) mass is 479 g/mol. The molecule has 3 N–H and O–H groups in total. The van der Waals surface area contributed by atoms with Gasteiger partial charge in [0.05, 0.1) is 6.61 Å². The van der Waals surface area contributed by atoms with Crippen LogP contribution < -0.4 is 14.8 Å². The Labute approximate surface area is 206 Å². The Balaban J connectivity index is 0.00000324. The van der Waals surface area contributed by atoms with Crippen LogP contribution in [0.25, 0.3) is 10.8 Å². The van der Waals surface area contributed by atoms with Crippen LogP contribution in [0.2, 0.25) is 0 Å². The van der Waals surface area contributed by atoms with Gasteiger partial charge in [-0.25, -0.2) is 0 Å². The Morgan fingerprint density at radius 2 is 1.47 bits per heavy atom. The summed E-state index contributed by atoms with van der Waals surface area (Å²) in [5, 5.41) is 25.4. The molecule has 0 aliphatic heterocycles. The third-order valence-electron chi connectivity index (χ3n) is 5.43. The van der Waals surface area contributed by atoms with E-state index in [4.69, 9.17) is 9.47 Å². The Morgan fingerprint density at radius 3 is 2.24 bits per heavy atom. The Kier molecular flexibility index (Phi) is 9.74. The predicted octanol–water partition coefficient (Wildman–Crippen LogP) is 4.99. The zero-order chi connectivity index (χ0) is 22.9. The van der Waals surface area contributed by atoms with Gasteiger partial charge < -0.3 is 25.0 Å². The van der Waals surface area contributed by atoms with Crippen LogP contribution in [0.5, 0.6) is 17.2 Å². The van der Waals surface area contributed by atoms with Gasteiger partial charge in [-0.2, -0.15) is 0 Å². The molecule has 34 heavy (non-hydrogen) atoms. The van der Waals surface area contributed by atoms with E-state index in [0.717, 1.165) is 33.6 Å². The van der Waals surface area contributed by atoms with Crippen molar-refractivity contribution in [3.63, 3.8) is 0 Å². The van der Waals surface area contributed by atoms with Gasteiger partial charge in [0, 0.05) is 18.0 Å². The molecule has 0 saturated carbocycles. The van der Waals surface area contributed by atoms with Crippen LogP contribution in [0.3, 0.4) is 0 Å². The van der Waals surface area contributed by atoms with Gasteiger partial charge in [-0.1, -0.05) is 66.7 Å². The molecule has 5 nitrogen and oxygen atoms in total. The summed E-state index contributed by atoms with van der Waals surface area (Å²) < 4.78 is 11.7. The van der Waals surface area contributed by atoms with E-state index >= 15 is 0 Å². The van der Waals surface area contributed by atoms with Crippen molar-refractivity contribution in [3.8, 4) is 17.2 Å². The van der Waals surface area contributed by atoms with Crippen LogP contribution >= 0.6 is 12.4 Å². The zero-order valence-corrected chi connectivity index (χ0v) is 19.7. The minimum absolute atomic E-state index is 0. The van der Waals surface area contributed by atoms with E-state index in [1.165, 1.54) is 0 Å². The van der Waals surface area contributed by atoms with Crippen molar-refractivity contribution in [2.45, 2.75) is 18.6 Å². The van der Waals surface area contributed by atoms with Crippen LogP contribution in [-0.2, 0) is 6.42 Å². The maximum atomic E-state index is 10.2. The Bertz CT molecular complexity index is 1130. The molecule has 178 valence electrons. The molecule has 0 aliphatic carbocycles. The van der Waals surface area contributed by atoms with Gasteiger partial charge in [-0.05, 0) is 47.7 Å². The molecule has 0 heterocycles. The second kappa shape index (κ2) is 13.0. The van der Waals surface area contributed by atoms with Crippen molar-refractivity contribution in [3.05, 3.63) is 103 Å². The molecule has 4 rings (SSSR count). The summed E-state index contributed by atoms with van der Waals surface area (Å²) in [6, 6.07) is 31.3. The van der Waals surface area contributed by atoms with Gasteiger partial charge in [-0.3, -0.25) is 0 Å². The Morgan fingerprint density at radius 1 is 0.765 bits per heavy atom. The van der Waals surface area contributed by atoms with Gasteiger partial charge in [0.25, 0.3) is 0 Å². The van der Waals surface area contributed by atoms with E-state index in [1.807, 2.05) is 78.9 Å². The normalized spacial score (nSPS) is 12.5. The average molecular weight is 480 g/mol. The number of aliphatic hydroxyl groups is 2. The number of para-hydroxylation sites is 1.